The van der Waals surface area contributed by atoms with Crippen LogP contribution in [0.4, 0.5) is 5.82 Å². The van der Waals surface area contributed by atoms with Crippen LogP contribution in [0.15, 0.2) is 60.8 Å². The van der Waals surface area contributed by atoms with Gasteiger partial charge in [-0.1, -0.05) is 35.9 Å². The fourth-order valence-corrected chi connectivity index (χ4v) is 4.96. The van der Waals surface area contributed by atoms with E-state index in [1.807, 2.05) is 17.0 Å². The Balaban J connectivity index is 1.28. The van der Waals surface area contributed by atoms with Gasteiger partial charge in [0.2, 0.25) is 0 Å². The van der Waals surface area contributed by atoms with Crippen LogP contribution in [0.3, 0.4) is 0 Å². The molecule has 176 valence electrons. The maximum atomic E-state index is 13.4. The molecular weight excluding hydrogens is 424 g/mol. The second kappa shape index (κ2) is 10.3. The number of aryl methyl sites for hydroxylation is 1. The van der Waals surface area contributed by atoms with Crippen molar-refractivity contribution < 1.29 is 9.53 Å². The van der Waals surface area contributed by atoms with E-state index >= 15 is 0 Å². The van der Waals surface area contributed by atoms with Crippen molar-refractivity contribution in [3.05, 3.63) is 88.9 Å². The third-order valence-electron chi connectivity index (χ3n) is 6.75. The number of morpholine rings is 1. The minimum Gasteiger partial charge on any atom is -0.378 e. The van der Waals surface area contributed by atoms with Crippen LogP contribution in [0.25, 0.3) is 0 Å². The predicted molar refractivity (Wildman–Crippen MR) is 133 cm³/mol. The van der Waals surface area contributed by atoms with Crippen molar-refractivity contribution in [3.63, 3.8) is 0 Å². The number of piperidine rings is 1. The first-order valence-corrected chi connectivity index (χ1v) is 12.2. The van der Waals surface area contributed by atoms with Gasteiger partial charge in [0.15, 0.2) is 0 Å². The Hall–Kier alpha value is -3.25. The Bertz CT molecular complexity index is 1140. The van der Waals surface area contributed by atoms with Crippen molar-refractivity contribution in [1.82, 2.24) is 14.9 Å². The summed E-state index contributed by atoms with van der Waals surface area (Å²) in [5, 5.41) is 0. The summed E-state index contributed by atoms with van der Waals surface area (Å²) in [6.07, 6.45) is 4.61. The highest BCUT2D eigenvalue weighted by atomic mass is 16.5. The highest BCUT2D eigenvalue weighted by molar-refractivity contribution is 5.95. The van der Waals surface area contributed by atoms with Crippen LogP contribution in [0.5, 0.6) is 0 Å². The van der Waals surface area contributed by atoms with E-state index in [0.717, 1.165) is 56.1 Å². The molecule has 34 heavy (non-hydrogen) atoms. The minimum absolute atomic E-state index is 0.0810. The molecule has 6 heteroatoms. The summed E-state index contributed by atoms with van der Waals surface area (Å²) in [6.45, 7) is 6.62. The molecule has 0 spiro atoms. The van der Waals surface area contributed by atoms with E-state index in [0.29, 0.717) is 25.3 Å². The average molecular weight is 457 g/mol. The number of carbonyl (C=O) groups is 1. The molecule has 0 radical (unpaired) electrons. The van der Waals surface area contributed by atoms with Gasteiger partial charge in [-0.15, -0.1) is 0 Å². The molecule has 2 fully saturated rings. The lowest BCUT2D eigenvalue weighted by Crippen LogP contribution is -2.40. The summed E-state index contributed by atoms with van der Waals surface area (Å²) in [5.74, 6) is 1.20. The van der Waals surface area contributed by atoms with Crippen molar-refractivity contribution in [2.24, 2.45) is 0 Å². The van der Waals surface area contributed by atoms with Crippen LogP contribution in [0.2, 0.25) is 0 Å². The fourth-order valence-electron chi connectivity index (χ4n) is 4.96. The van der Waals surface area contributed by atoms with E-state index in [-0.39, 0.29) is 11.8 Å². The van der Waals surface area contributed by atoms with Crippen LogP contribution in [-0.2, 0) is 11.2 Å². The number of pyridine rings is 2. The van der Waals surface area contributed by atoms with Crippen molar-refractivity contribution in [2.45, 2.75) is 32.1 Å². The lowest BCUT2D eigenvalue weighted by molar-refractivity contribution is 0.0705. The number of likely N-dealkylation sites (tertiary alicyclic amines) is 1. The molecule has 3 aromatic rings. The molecule has 1 atom stereocenters. The second-order valence-electron chi connectivity index (χ2n) is 9.31. The van der Waals surface area contributed by atoms with E-state index in [2.05, 4.69) is 59.3 Å². The number of hydrogen-bond acceptors (Lipinski definition) is 5. The number of rotatable bonds is 5. The van der Waals surface area contributed by atoms with Crippen LogP contribution >= 0.6 is 0 Å². The Labute approximate surface area is 201 Å². The van der Waals surface area contributed by atoms with Crippen LogP contribution < -0.4 is 4.90 Å². The van der Waals surface area contributed by atoms with E-state index in [1.165, 1.54) is 11.1 Å². The molecule has 2 saturated heterocycles. The molecule has 5 rings (SSSR count). The number of nitrogens with zero attached hydrogens (tertiary/aromatic N) is 4. The van der Waals surface area contributed by atoms with Gasteiger partial charge in [0.1, 0.15) is 5.82 Å². The maximum Gasteiger partial charge on any atom is 0.254 e. The Kier molecular flexibility index (Phi) is 6.86. The molecule has 0 N–H and O–H groups in total. The number of aromatic nitrogens is 2. The predicted octanol–water partition coefficient (Wildman–Crippen LogP) is 4.23. The van der Waals surface area contributed by atoms with Gasteiger partial charge in [-0.2, -0.15) is 0 Å². The first kappa shape index (κ1) is 22.5. The van der Waals surface area contributed by atoms with Gasteiger partial charge in [-0.05, 0) is 49.6 Å². The largest absolute Gasteiger partial charge is 0.378 e. The Morgan fingerprint density at radius 2 is 1.91 bits per heavy atom. The number of benzene rings is 1. The topological polar surface area (TPSA) is 58.6 Å². The number of anilines is 1. The van der Waals surface area contributed by atoms with Gasteiger partial charge < -0.3 is 14.5 Å². The first-order chi connectivity index (χ1) is 16.7. The van der Waals surface area contributed by atoms with Crippen molar-refractivity contribution >= 4 is 11.7 Å². The van der Waals surface area contributed by atoms with Gasteiger partial charge in [-0.3, -0.25) is 9.78 Å². The zero-order valence-electron chi connectivity index (χ0n) is 19.8. The summed E-state index contributed by atoms with van der Waals surface area (Å²) < 4.78 is 5.44. The smallest absolute Gasteiger partial charge is 0.254 e. The molecule has 2 aromatic heterocycles. The Morgan fingerprint density at radius 1 is 1.06 bits per heavy atom. The molecular formula is C28H32N4O2. The van der Waals surface area contributed by atoms with Crippen LogP contribution in [0, 0.1) is 6.92 Å². The number of carbonyl (C=O) groups excluding carboxylic acids is 1. The van der Waals surface area contributed by atoms with E-state index in [4.69, 9.17) is 9.72 Å². The standard InChI is InChI=1S/C28H32N4O2/c1-21-5-2-6-22(17-21)18-25-8-3-9-26(30-25)24-7-4-12-32(20-24)28(33)23-10-11-29-27(19-23)31-13-15-34-16-14-31/h2-3,5-6,8-11,17,19,24H,4,7,12-16,18,20H2,1H3. The lowest BCUT2D eigenvalue weighted by atomic mass is 9.93. The van der Waals surface area contributed by atoms with Gasteiger partial charge in [-0.25, -0.2) is 4.98 Å². The SMILES string of the molecule is Cc1cccc(Cc2cccc(C3CCCN(C(=O)c4ccnc(N5CCOCC5)c4)C3)n2)c1. The highest BCUT2D eigenvalue weighted by Gasteiger charge is 2.27. The molecule has 1 amide bonds. The molecule has 4 heterocycles. The van der Waals surface area contributed by atoms with Crippen LogP contribution in [-0.4, -0.2) is 60.2 Å². The van der Waals surface area contributed by atoms with Gasteiger partial charge in [0, 0.05) is 61.7 Å². The molecule has 0 saturated carbocycles. The summed E-state index contributed by atoms with van der Waals surface area (Å²) in [4.78, 5) is 27.0. The normalized spacial score (nSPS) is 18.7. The maximum absolute atomic E-state index is 13.4. The molecule has 0 aliphatic carbocycles. The average Bonchev–Trinajstić information content (AvgIpc) is 2.89. The molecule has 6 nitrogen and oxygen atoms in total. The summed E-state index contributed by atoms with van der Waals surface area (Å²) in [7, 11) is 0. The van der Waals surface area contributed by atoms with E-state index < -0.39 is 0 Å². The van der Waals surface area contributed by atoms with Gasteiger partial charge in [0.05, 0.1) is 13.2 Å². The lowest BCUT2D eigenvalue weighted by Gasteiger charge is -2.33. The Morgan fingerprint density at radius 3 is 2.76 bits per heavy atom. The fraction of sp³-hybridized carbons (Fsp3) is 0.393. The van der Waals surface area contributed by atoms with E-state index in [1.54, 1.807) is 6.20 Å². The summed E-state index contributed by atoms with van der Waals surface area (Å²) >= 11 is 0. The van der Waals surface area contributed by atoms with Crippen LogP contribution in [0.1, 0.15) is 51.6 Å². The molecule has 2 aliphatic rings. The second-order valence-corrected chi connectivity index (χ2v) is 9.31. The van der Waals surface area contributed by atoms with Gasteiger partial charge >= 0.3 is 0 Å². The third kappa shape index (κ3) is 5.28. The zero-order chi connectivity index (χ0) is 23.3. The monoisotopic (exact) mass is 456 g/mol. The van der Waals surface area contributed by atoms with Crippen molar-refractivity contribution in [3.8, 4) is 0 Å². The van der Waals surface area contributed by atoms with Gasteiger partial charge in [0.25, 0.3) is 5.91 Å². The molecule has 1 unspecified atom stereocenters. The molecule has 1 aromatic carbocycles. The summed E-state index contributed by atoms with van der Waals surface area (Å²) in [5.41, 5.74) is 5.42. The van der Waals surface area contributed by atoms with Crippen molar-refractivity contribution in [1.29, 1.82) is 0 Å². The number of ether oxygens (including phenoxy) is 1. The van der Waals surface area contributed by atoms with E-state index in [9.17, 15) is 4.79 Å². The summed E-state index contributed by atoms with van der Waals surface area (Å²) in [6, 6.07) is 18.7. The third-order valence-corrected chi connectivity index (χ3v) is 6.75. The number of amides is 1. The number of hydrogen-bond donors (Lipinski definition) is 0. The van der Waals surface area contributed by atoms with Crippen molar-refractivity contribution in [2.75, 3.05) is 44.3 Å². The highest BCUT2D eigenvalue weighted by Crippen LogP contribution is 2.27. The first-order valence-electron chi connectivity index (χ1n) is 12.2. The minimum atomic E-state index is 0.0810. The molecule has 2 aliphatic heterocycles. The quantitative estimate of drug-likeness (QED) is 0.575. The molecule has 0 bridgehead atoms. The zero-order valence-corrected chi connectivity index (χ0v) is 19.8.